The Bertz CT molecular complexity index is 1330. The van der Waals surface area contributed by atoms with Crippen LogP contribution < -0.4 is 15.4 Å². The minimum absolute atomic E-state index is 0.185. The van der Waals surface area contributed by atoms with Gasteiger partial charge in [-0.15, -0.1) is 0 Å². The molecule has 0 aliphatic carbocycles. The fourth-order valence-electron chi connectivity index (χ4n) is 3.93. The third-order valence-electron chi connectivity index (χ3n) is 5.57. The first kappa shape index (κ1) is 27.5. The summed E-state index contributed by atoms with van der Waals surface area (Å²) in [6.07, 6.45) is -0.202. The molecule has 0 atom stereocenters. The van der Waals surface area contributed by atoms with E-state index < -0.39 is 17.8 Å². The van der Waals surface area contributed by atoms with Crippen LogP contribution >= 0.6 is 0 Å². The fourth-order valence-corrected chi connectivity index (χ4v) is 3.93. The van der Waals surface area contributed by atoms with E-state index in [1.54, 1.807) is 18.2 Å². The molecular formula is C30H34N4O5. The molecule has 1 heterocycles. The summed E-state index contributed by atoms with van der Waals surface area (Å²) in [6.45, 7) is 8.98. The van der Waals surface area contributed by atoms with Gasteiger partial charge < -0.3 is 19.1 Å². The number of hydrogen-bond acceptors (Lipinski definition) is 7. The second-order valence-electron chi connectivity index (χ2n) is 10.1. The number of ether oxygens (including phenoxy) is 3. The lowest BCUT2D eigenvalue weighted by atomic mass is 10.1. The van der Waals surface area contributed by atoms with Crippen molar-refractivity contribution in [3.63, 3.8) is 0 Å². The minimum atomic E-state index is -0.603. The number of aliphatic imine (C=N–C) groups is 1. The predicted molar refractivity (Wildman–Crippen MR) is 150 cm³/mol. The molecule has 2 N–H and O–H groups in total. The Morgan fingerprint density at radius 1 is 0.923 bits per heavy atom. The minimum Gasteiger partial charge on any atom is -0.457 e. The Hall–Kier alpha value is -4.53. The number of carbonyl (C=O) groups excluding carboxylic acids is 2. The number of nitrogens with one attached hydrogen (secondary N) is 2. The summed E-state index contributed by atoms with van der Waals surface area (Å²) >= 11 is 0. The number of guanidine groups is 1. The summed E-state index contributed by atoms with van der Waals surface area (Å²) in [5, 5.41) is 5.52. The van der Waals surface area contributed by atoms with Crippen LogP contribution in [-0.2, 0) is 22.6 Å². The van der Waals surface area contributed by atoms with Crippen LogP contribution in [0.5, 0.6) is 11.5 Å². The average Bonchev–Trinajstić information content (AvgIpc) is 2.88. The number of hydrogen-bond donors (Lipinski definition) is 2. The summed E-state index contributed by atoms with van der Waals surface area (Å²) in [6, 6.07) is 22.2. The molecule has 0 aromatic heterocycles. The van der Waals surface area contributed by atoms with Crippen LogP contribution in [0.1, 0.15) is 45.2 Å². The van der Waals surface area contributed by atoms with Crippen LogP contribution in [0.25, 0.3) is 0 Å². The quantitative estimate of drug-likeness (QED) is 0.342. The molecule has 9 nitrogen and oxygen atoms in total. The number of carbonyl (C=O) groups is 2. The van der Waals surface area contributed by atoms with Crippen LogP contribution in [0.2, 0.25) is 0 Å². The zero-order valence-electron chi connectivity index (χ0n) is 22.7. The number of amides is 2. The smallest absolute Gasteiger partial charge is 0.414 e. The first-order valence-electron chi connectivity index (χ1n) is 12.9. The van der Waals surface area contributed by atoms with E-state index in [4.69, 9.17) is 14.2 Å². The highest BCUT2D eigenvalue weighted by atomic mass is 16.6. The van der Waals surface area contributed by atoms with Crippen molar-refractivity contribution in [2.45, 2.75) is 52.9 Å². The number of nitrogens with zero attached hydrogens (tertiary/aromatic N) is 2. The molecular weight excluding hydrogens is 496 g/mol. The third kappa shape index (κ3) is 8.23. The van der Waals surface area contributed by atoms with Gasteiger partial charge in [0.1, 0.15) is 23.7 Å². The van der Waals surface area contributed by atoms with Gasteiger partial charge in [0.2, 0.25) is 5.96 Å². The molecule has 9 heteroatoms. The monoisotopic (exact) mass is 530 g/mol. The first-order valence-corrected chi connectivity index (χ1v) is 12.9. The molecule has 3 aromatic rings. The highest BCUT2D eigenvalue weighted by molar-refractivity contribution is 5.96. The Balaban J connectivity index is 1.41. The molecule has 2 amide bonds. The van der Waals surface area contributed by atoms with Gasteiger partial charge in [-0.3, -0.25) is 10.6 Å². The molecule has 1 aliphatic heterocycles. The third-order valence-corrected chi connectivity index (χ3v) is 5.57. The van der Waals surface area contributed by atoms with Gasteiger partial charge >= 0.3 is 12.2 Å². The van der Waals surface area contributed by atoms with Crippen molar-refractivity contribution in [3.05, 3.63) is 83.9 Å². The van der Waals surface area contributed by atoms with Crippen LogP contribution in [0.3, 0.4) is 0 Å². The lowest BCUT2D eigenvalue weighted by Crippen LogP contribution is -2.47. The summed E-state index contributed by atoms with van der Waals surface area (Å²) in [5.74, 6) is 1.66. The molecule has 0 saturated heterocycles. The Labute approximate surface area is 228 Å². The van der Waals surface area contributed by atoms with Gasteiger partial charge in [-0.1, -0.05) is 43.3 Å². The molecule has 0 saturated carbocycles. The second-order valence-corrected chi connectivity index (χ2v) is 10.1. The van der Waals surface area contributed by atoms with E-state index in [0.717, 1.165) is 23.2 Å². The van der Waals surface area contributed by atoms with E-state index in [2.05, 4.69) is 22.5 Å². The topological polar surface area (TPSA) is 101 Å². The normalized spacial score (nSPS) is 12.6. The maximum absolute atomic E-state index is 12.3. The zero-order chi connectivity index (χ0) is 27.8. The fraction of sp³-hybridized carbons (Fsp3) is 0.300. The summed E-state index contributed by atoms with van der Waals surface area (Å²) in [7, 11) is 0. The van der Waals surface area contributed by atoms with Gasteiger partial charge in [0.05, 0.1) is 5.69 Å². The van der Waals surface area contributed by atoms with Crippen molar-refractivity contribution >= 4 is 29.5 Å². The summed E-state index contributed by atoms with van der Waals surface area (Å²) in [5.41, 5.74) is 2.58. The van der Waals surface area contributed by atoms with Gasteiger partial charge in [-0.05, 0) is 63.1 Å². The molecule has 204 valence electrons. The SMILES string of the molecule is CCCN1Cc2cc(Oc3cccc(NC(=O)OCc4ccccc4)c3)ccc2N=C1NC(=O)OC(C)(C)C. The van der Waals surface area contributed by atoms with E-state index in [1.165, 1.54) is 0 Å². The van der Waals surface area contributed by atoms with E-state index in [9.17, 15) is 9.59 Å². The van der Waals surface area contributed by atoms with Crippen LogP contribution in [0, 0.1) is 0 Å². The molecule has 0 bridgehead atoms. The van der Waals surface area contributed by atoms with Crippen molar-refractivity contribution in [1.29, 1.82) is 0 Å². The molecule has 0 unspecified atom stereocenters. The zero-order valence-corrected chi connectivity index (χ0v) is 22.7. The number of fused-ring (bicyclic) bond motifs is 1. The van der Waals surface area contributed by atoms with Gasteiger partial charge in [0, 0.05) is 30.4 Å². The first-order chi connectivity index (χ1) is 18.7. The Morgan fingerprint density at radius 3 is 2.44 bits per heavy atom. The van der Waals surface area contributed by atoms with Crippen molar-refractivity contribution in [2.75, 3.05) is 11.9 Å². The molecule has 4 rings (SSSR count). The Kier molecular flexibility index (Phi) is 8.70. The molecule has 0 radical (unpaired) electrons. The van der Waals surface area contributed by atoms with Crippen LogP contribution in [-0.4, -0.2) is 35.2 Å². The average molecular weight is 531 g/mol. The van der Waals surface area contributed by atoms with E-state index in [1.807, 2.05) is 80.3 Å². The number of anilines is 1. The lowest BCUT2D eigenvalue weighted by molar-refractivity contribution is 0.0555. The molecule has 39 heavy (non-hydrogen) atoms. The van der Waals surface area contributed by atoms with Gasteiger partial charge in [-0.2, -0.15) is 0 Å². The van der Waals surface area contributed by atoms with Gasteiger partial charge in [0.15, 0.2) is 0 Å². The highest BCUT2D eigenvalue weighted by Crippen LogP contribution is 2.32. The maximum Gasteiger partial charge on any atom is 0.414 e. The lowest BCUT2D eigenvalue weighted by Gasteiger charge is -2.31. The predicted octanol–water partition coefficient (Wildman–Crippen LogP) is 6.97. The molecule has 0 spiro atoms. The number of rotatable bonds is 7. The number of alkyl carbamates (subject to hydrolysis) is 1. The molecule has 1 aliphatic rings. The second kappa shape index (κ2) is 12.3. The highest BCUT2D eigenvalue weighted by Gasteiger charge is 2.24. The maximum atomic E-state index is 12.3. The summed E-state index contributed by atoms with van der Waals surface area (Å²) in [4.78, 5) is 31.2. The van der Waals surface area contributed by atoms with E-state index in [-0.39, 0.29) is 6.61 Å². The van der Waals surface area contributed by atoms with E-state index in [0.29, 0.717) is 36.2 Å². The van der Waals surface area contributed by atoms with Crippen LogP contribution in [0.15, 0.2) is 77.8 Å². The largest absolute Gasteiger partial charge is 0.457 e. The molecule has 0 fully saturated rings. The summed E-state index contributed by atoms with van der Waals surface area (Å²) < 4.78 is 16.8. The Morgan fingerprint density at radius 2 is 1.69 bits per heavy atom. The van der Waals surface area contributed by atoms with Gasteiger partial charge in [-0.25, -0.2) is 14.6 Å². The van der Waals surface area contributed by atoms with Crippen molar-refractivity contribution < 1.29 is 23.8 Å². The van der Waals surface area contributed by atoms with E-state index >= 15 is 0 Å². The van der Waals surface area contributed by atoms with Gasteiger partial charge in [0.25, 0.3) is 0 Å². The number of benzene rings is 3. The van der Waals surface area contributed by atoms with Crippen LogP contribution in [0.4, 0.5) is 21.0 Å². The van der Waals surface area contributed by atoms with Crippen molar-refractivity contribution in [2.24, 2.45) is 4.99 Å². The molecule has 3 aromatic carbocycles. The standard InChI is InChI=1S/C30H34N4O5/c1-5-16-34-19-22-17-25(14-15-26(22)32-27(34)33-29(36)39-30(2,3)4)38-24-13-9-12-23(18-24)31-28(35)37-20-21-10-7-6-8-11-21/h6-15,17-18H,5,16,19-20H2,1-4H3,(H,31,35)(H,32,33,36). The van der Waals surface area contributed by atoms with Crippen molar-refractivity contribution in [3.8, 4) is 11.5 Å². The van der Waals surface area contributed by atoms with Crippen molar-refractivity contribution in [1.82, 2.24) is 10.2 Å².